The Hall–Kier alpha value is -1.36. The molecule has 0 saturated carbocycles. The fourth-order valence-corrected chi connectivity index (χ4v) is 1.69. The number of primary amides is 1. The molecule has 0 aliphatic heterocycles. The number of carbonyl (C=O) groups excluding carboxylic acids is 1. The Labute approximate surface area is 95.8 Å². The van der Waals surface area contributed by atoms with Crippen molar-refractivity contribution in [1.82, 2.24) is 9.55 Å². The minimum atomic E-state index is -0.308. The number of aryl methyl sites for hydroxylation is 1. The van der Waals surface area contributed by atoms with Gasteiger partial charge in [-0.2, -0.15) is 0 Å². The molecule has 0 saturated heterocycles. The lowest BCUT2D eigenvalue weighted by atomic mass is 10.0. The Balaban J connectivity index is 2.65. The van der Waals surface area contributed by atoms with Gasteiger partial charge in [0.25, 0.3) is 0 Å². The molecule has 1 aromatic rings. The molecule has 0 bridgehead atoms. The zero-order chi connectivity index (χ0) is 12.1. The lowest BCUT2D eigenvalue weighted by Crippen LogP contribution is -2.19. The maximum atomic E-state index is 10.7. The van der Waals surface area contributed by atoms with Gasteiger partial charge in [-0.1, -0.05) is 13.8 Å². The SMILES string of the molecule is CC(C)CC(N)c1cncn1CCC(N)=O. The Morgan fingerprint density at radius 3 is 2.81 bits per heavy atom. The lowest BCUT2D eigenvalue weighted by Gasteiger charge is -2.16. The summed E-state index contributed by atoms with van der Waals surface area (Å²) in [5.74, 6) is 0.228. The van der Waals surface area contributed by atoms with E-state index in [4.69, 9.17) is 11.5 Å². The van der Waals surface area contributed by atoms with E-state index in [0.717, 1.165) is 12.1 Å². The van der Waals surface area contributed by atoms with E-state index >= 15 is 0 Å². The molecule has 0 fully saturated rings. The second kappa shape index (κ2) is 5.65. The largest absolute Gasteiger partial charge is 0.370 e. The van der Waals surface area contributed by atoms with Crippen molar-refractivity contribution >= 4 is 5.91 Å². The molecule has 0 radical (unpaired) electrons. The molecule has 0 spiro atoms. The molecule has 1 unspecified atom stereocenters. The standard InChI is InChI=1S/C11H20N4O/c1-8(2)5-9(12)10-6-14-7-15(10)4-3-11(13)16/h6-9H,3-5,12H2,1-2H3,(H2,13,16). The van der Waals surface area contributed by atoms with Crippen LogP contribution in [-0.2, 0) is 11.3 Å². The number of hydrogen-bond acceptors (Lipinski definition) is 3. The maximum Gasteiger partial charge on any atom is 0.219 e. The summed E-state index contributed by atoms with van der Waals surface area (Å²) >= 11 is 0. The monoisotopic (exact) mass is 224 g/mol. The quantitative estimate of drug-likeness (QED) is 0.749. The Bertz CT molecular complexity index is 346. The average Bonchev–Trinajstić information content (AvgIpc) is 2.61. The highest BCUT2D eigenvalue weighted by molar-refractivity contribution is 5.73. The molecular formula is C11H20N4O. The number of amides is 1. The molecule has 4 N–H and O–H groups in total. The van der Waals surface area contributed by atoms with Crippen LogP contribution >= 0.6 is 0 Å². The van der Waals surface area contributed by atoms with Crippen molar-refractivity contribution in [2.24, 2.45) is 17.4 Å². The first kappa shape index (κ1) is 12.7. The number of hydrogen-bond donors (Lipinski definition) is 2. The first-order valence-corrected chi connectivity index (χ1v) is 5.54. The number of imidazole rings is 1. The molecule has 1 heterocycles. The summed E-state index contributed by atoms with van der Waals surface area (Å²) in [4.78, 5) is 14.8. The second-order valence-corrected chi connectivity index (χ2v) is 4.46. The van der Waals surface area contributed by atoms with Gasteiger partial charge in [0, 0.05) is 25.2 Å². The number of nitrogens with zero attached hydrogens (tertiary/aromatic N) is 2. The zero-order valence-corrected chi connectivity index (χ0v) is 9.89. The van der Waals surface area contributed by atoms with Crippen LogP contribution in [0.3, 0.4) is 0 Å². The summed E-state index contributed by atoms with van der Waals surface area (Å²) in [5, 5.41) is 0. The van der Waals surface area contributed by atoms with Crippen molar-refractivity contribution in [3.05, 3.63) is 18.2 Å². The third kappa shape index (κ3) is 3.66. The van der Waals surface area contributed by atoms with Gasteiger partial charge in [0.2, 0.25) is 5.91 Å². The van der Waals surface area contributed by atoms with Crippen molar-refractivity contribution in [2.45, 2.75) is 39.3 Å². The summed E-state index contributed by atoms with van der Waals surface area (Å²) in [6.07, 6.45) is 4.67. The topological polar surface area (TPSA) is 86.9 Å². The fraction of sp³-hybridized carbons (Fsp3) is 0.636. The van der Waals surface area contributed by atoms with E-state index in [2.05, 4.69) is 18.8 Å². The molecule has 16 heavy (non-hydrogen) atoms. The summed E-state index contributed by atoms with van der Waals surface area (Å²) in [6, 6.07) is -0.0321. The van der Waals surface area contributed by atoms with Crippen LogP contribution in [0.4, 0.5) is 0 Å². The van der Waals surface area contributed by atoms with Gasteiger partial charge in [-0.25, -0.2) is 4.98 Å². The zero-order valence-electron chi connectivity index (χ0n) is 9.89. The van der Waals surface area contributed by atoms with Crippen molar-refractivity contribution in [3.8, 4) is 0 Å². The van der Waals surface area contributed by atoms with Crippen LogP contribution in [-0.4, -0.2) is 15.5 Å². The molecule has 5 nitrogen and oxygen atoms in total. The highest BCUT2D eigenvalue weighted by Crippen LogP contribution is 2.18. The van der Waals surface area contributed by atoms with Gasteiger partial charge in [0.1, 0.15) is 0 Å². The predicted molar refractivity (Wildman–Crippen MR) is 62.4 cm³/mol. The molecule has 1 rings (SSSR count). The molecule has 0 aliphatic rings. The smallest absolute Gasteiger partial charge is 0.219 e. The second-order valence-electron chi connectivity index (χ2n) is 4.46. The van der Waals surface area contributed by atoms with Gasteiger partial charge in [-0.15, -0.1) is 0 Å². The predicted octanol–water partition coefficient (Wildman–Crippen LogP) is 0.804. The molecule has 1 atom stereocenters. The van der Waals surface area contributed by atoms with Crippen molar-refractivity contribution in [3.63, 3.8) is 0 Å². The number of carbonyl (C=O) groups is 1. The molecule has 5 heteroatoms. The van der Waals surface area contributed by atoms with Gasteiger partial charge < -0.3 is 16.0 Å². The molecule has 1 amide bonds. The van der Waals surface area contributed by atoms with E-state index in [9.17, 15) is 4.79 Å². The number of aromatic nitrogens is 2. The van der Waals surface area contributed by atoms with E-state index in [0.29, 0.717) is 18.9 Å². The van der Waals surface area contributed by atoms with E-state index in [1.807, 2.05) is 4.57 Å². The van der Waals surface area contributed by atoms with E-state index in [1.165, 1.54) is 0 Å². The van der Waals surface area contributed by atoms with Crippen molar-refractivity contribution < 1.29 is 4.79 Å². The van der Waals surface area contributed by atoms with Crippen LogP contribution in [0.15, 0.2) is 12.5 Å². The first-order valence-electron chi connectivity index (χ1n) is 5.54. The minimum Gasteiger partial charge on any atom is -0.370 e. The van der Waals surface area contributed by atoms with Gasteiger partial charge >= 0.3 is 0 Å². The average molecular weight is 224 g/mol. The van der Waals surface area contributed by atoms with Crippen LogP contribution in [0, 0.1) is 5.92 Å². The molecule has 90 valence electrons. The van der Waals surface area contributed by atoms with Crippen LogP contribution in [0.5, 0.6) is 0 Å². The van der Waals surface area contributed by atoms with E-state index < -0.39 is 0 Å². The normalized spacial score (nSPS) is 13.0. The van der Waals surface area contributed by atoms with E-state index in [-0.39, 0.29) is 11.9 Å². The van der Waals surface area contributed by atoms with Crippen molar-refractivity contribution in [2.75, 3.05) is 0 Å². The minimum absolute atomic E-state index is 0.0321. The van der Waals surface area contributed by atoms with Gasteiger partial charge in [-0.05, 0) is 12.3 Å². The third-order valence-electron chi connectivity index (χ3n) is 2.45. The van der Waals surface area contributed by atoms with Crippen LogP contribution in [0.1, 0.15) is 38.4 Å². The molecule has 1 aromatic heterocycles. The summed E-state index contributed by atoms with van der Waals surface area (Å²) in [5.41, 5.74) is 12.2. The summed E-state index contributed by atoms with van der Waals surface area (Å²) in [6.45, 7) is 4.81. The van der Waals surface area contributed by atoms with Crippen molar-refractivity contribution in [1.29, 1.82) is 0 Å². The maximum absolute atomic E-state index is 10.7. The lowest BCUT2D eigenvalue weighted by molar-refractivity contribution is -0.118. The van der Waals surface area contributed by atoms with Crippen LogP contribution < -0.4 is 11.5 Å². The number of rotatable bonds is 6. The van der Waals surface area contributed by atoms with Crippen LogP contribution in [0.2, 0.25) is 0 Å². The van der Waals surface area contributed by atoms with Gasteiger partial charge in [0.15, 0.2) is 0 Å². The highest BCUT2D eigenvalue weighted by atomic mass is 16.1. The Morgan fingerprint density at radius 1 is 1.56 bits per heavy atom. The first-order chi connectivity index (χ1) is 7.50. The third-order valence-corrected chi connectivity index (χ3v) is 2.45. The Kier molecular flexibility index (Phi) is 4.49. The Morgan fingerprint density at radius 2 is 2.25 bits per heavy atom. The highest BCUT2D eigenvalue weighted by Gasteiger charge is 2.13. The van der Waals surface area contributed by atoms with Gasteiger partial charge in [-0.3, -0.25) is 4.79 Å². The molecular weight excluding hydrogens is 204 g/mol. The van der Waals surface area contributed by atoms with Crippen LogP contribution in [0.25, 0.3) is 0 Å². The van der Waals surface area contributed by atoms with E-state index in [1.54, 1.807) is 12.5 Å². The summed E-state index contributed by atoms with van der Waals surface area (Å²) < 4.78 is 1.90. The summed E-state index contributed by atoms with van der Waals surface area (Å²) in [7, 11) is 0. The molecule has 0 aliphatic carbocycles. The van der Waals surface area contributed by atoms with Gasteiger partial charge in [0.05, 0.1) is 12.0 Å². The fourth-order valence-electron chi connectivity index (χ4n) is 1.69. The number of nitrogens with two attached hydrogens (primary N) is 2. The molecule has 0 aromatic carbocycles.